The van der Waals surface area contributed by atoms with Gasteiger partial charge in [-0.25, -0.2) is 4.98 Å². The summed E-state index contributed by atoms with van der Waals surface area (Å²) in [4.78, 5) is 34.1. The Kier molecular flexibility index (Phi) is 6.07. The predicted octanol–water partition coefficient (Wildman–Crippen LogP) is 4.81. The molecule has 0 aliphatic carbocycles. The molecule has 0 saturated carbocycles. The van der Waals surface area contributed by atoms with E-state index in [-0.39, 0.29) is 38.5 Å². The van der Waals surface area contributed by atoms with Gasteiger partial charge in [0, 0.05) is 22.9 Å². The molecule has 9 nitrogen and oxygen atoms in total. The van der Waals surface area contributed by atoms with Crippen molar-refractivity contribution in [1.29, 1.82) is 0 Å². The Hall–Kier alpha value is -4.39. The first-order chi connectivity index (χ1) is 17.7. The number of hydrogen-bond acceptors (Lipinski definition) is 8. The topological polar surface area (TPSA) is 129 Å². The SMILES string of the molecule is COc1ccccc1C1=NOC(C(=O)Nc2c(C(N)=O)sc3nc(C(F)(F)F)cc(-c4ccco4)c23)C1. The Morgan fingerprint density at radius 1 is 1.19 bits per heavy atom. The number of para-hydroxylation sites is 1. The number of furan rings is 1. The Labute approximate surface area is 210 Å². The average molecular weight is 530 g/mol. The van der Waals surface area contributed by atoms with Gasteiger partial charge in [-0.2, -0.15) is 13.2 Å². The highest BCUT2D eigenvalue weighted by atomic mass is 32.1. The van der Waals surface area contributed by atoms with Crippen LogP contribution in [0.3, 0.4) is 0 Å². The maximum Gasteiger partial charge on any atom is 0.433 e. The molecule has 190 valence electrons. The van der Waals surface area contributed by atoms with Crippen molar-refractivity contribution in [2.75, 3.05) is 12.4 Å². The van der Waals surface area contributed by atoms with Crippen molar-refractivity contribution in [3.05, 3.63) is 64.9 Å². The fourth-order valence-corrected chi connectivity index (χ4v) is 4.93. The number of methoxy groups -OCH3 is 1. The molecule has 3 N–H and O–H groups in total. The number of anilines is 1. The summed E-state index contributed by atoms with van der Waals surface area (Å²) in [5.41, 5.74) is 5.34. The van der Waals surface area contributed by atoms with Crippen LogP contribution in [0.5, 0.6) is 5.75 Å². The van der Waals surface area contributed by atoms with Gasteiger partial charge in [0.1, 0.15) is 26.9 Å². The van der Waals surface area contributed by atoms with Crippen molar-refractivity contribution in [3.63, 3.8) is 0 Å². The minimum Gasteiger partial charge on any atom is -0.496 e. The van der Waals surface area contributed by atoms with E-state index < -0.39 is 29.8 Å². The summed E-state index contributed by atoms with van der Waals surface area (Å²) in [6.45, 7) is 0. The number of carbonyl (C=O) groups excluding carboxylic acids is 2. The fourth-order valence-electron chi connectivity index (χ4n) is 3.93. The number of amides is 2. The third-order valence-electron chi connectivity index (χ3n) is 5.59. The van der Waals surface area contributed by atoms with Crippen molar-refractivity contribution < 1.29 is 36.8 Å². The molecule has 1 unspecified atom stereocenters. The zero-order valence-electron chi connectivity index (χ0n) is 19.0. The van der Waals surface area contributed by atoms with Gasteiger partial charge in [0.2, 0.25) is 6.10 Å². The number of oxime groups is 1. The molecular formula is C24H17F3N4O5S. The van der Waals surface area contributed by atoms with Crippen molar-refractivity contribution in [1.82, 2.24) is 4.98 Å². The third kappa shape index (κ3) is 4.48. The highest BCUT2D eigenvalue weighted by Gasteiger charge is 2.36. The maximum absolute atomic E-state index is 13.6. The number of nitrogens with zero attached hydrogens (tertiary/aromatic N) is 2. The number of alkyl halides is 3. The van der Waals surface area contributed by atoms with Crippen LogP contribution in [0, 0.1) is 0 Å². The highest BCUT2D eigenvalue weighted by molar-refractivity contribution is 7.21. The van der Waals surface area contributed by atoms with Gasteiger partial charge >= 0.3 is 6.18 Å². The maximum atomic E-state index is 13.6. The average Bonchev–Trinajstić information content (AvgIpc) is 3.63. The number of ether oxygens (including phenoxy) is 1. The zero-order valence-corrected chi connectivity index (χ0v) is 19.8. The smallest absolute Gasteiger partial charge is 0.433 e. The lowest BCUT2D eigenvalue weighted by Gasteiger charge is -2.13. The summed E-state index contributed by atoms with van der Waals surface area (Å²) in [6, 6.07) is 10.8. The zero-order chi connectivity index (χ0) is 26.3. The molecule has 4 heterocycles. The molecule has 1 aliphatic heterocycles. The number of pyridine rings is 1. The van der Waals surface area contributed by atoms with Gasteiger partial charge in [0.05, 0.1) is 24.8 Å². The number of fused-ring (bicyclic) bond motifs is 1. The first-order valence-electron chi connectivity index (χ1n) is 10.7. The van der Waals surface area contributed by atoms with Gasteiger partial charge in [-0.15, -0.1) is 11.3 Å². The molecule has 2 amide bonds. The van der Waals surface area contributed by atoms with E-state index >= 15 is 0 Å². The van der Waals surface area contributed by atoms with Crippen LogP contribution in [0.1, 0.15) is 27.3 Å². The van der Waals surface area contributed by atoms with Crippen LogP contribution in [0.4, 0.5) is 18.9 Å². The lowest BCUT2D eigenvalue weighted by atomic mass is 10.0. The van der Waals surface area contributed by atoms with Crippen LogP contribution in [0.2, 0.25) is 0 Å². The Balaban J connectivity index is 1.53. The molecule has 0 fully saturated rings. The summed E-state index contributed by atoms with van der Waals surface area (Å²) in [7, 11) is 1.50. The van der Waals surface area contributed by atoms with E-state index in [2.05, 4.69) is 15.5 Å². The molecule has 1 atom stereocenters. The second-order valence-electron chi connectivity index (χ2n) is 7.91. The van der Waals surface area contributed by atoms with E-state index in [1.807, 2.05) is 0 Å². The van der Waals surface area contributed by atoms with Crippen LogP contribution < -0.4 is 15.8 Å². The molecule has 4 aromatic rings. The van der Waals surface area contributed by atoms with E-state index in [9.17, 15) is 22.8 Å². The first kappa shape index (κ1) is 24.3. The number of thiophene rings is 1. The predicted molar refractivity (Wildman–Crippen MR) is 128 cm³/mol. The third-order valence-corrected chi connectivity index (χ3v) is 6.69. The van der Waals surface area contributed by atoms with Crippen LogP contribution in [0.15, 0.2) is 58.3 Å². The number of carbonyl (C=O) groups is 2. The second kappa shape index (κ2) is 9.24. The molecule has 0 radical (unpaired) electrons. The van der Waals surface area contributed by atoms with Crippen LogP contribution in [-0.4, -0.2) is 35.7 Å². The lowest BCUT2D eigenvalue weighted by Crippen LogP contribution is -2.29. The summed E-state index contributed by atoms with van der Waals surface area (Å²) in [5.74, 6) is -1.00. The normalized spacial score (nSPS) is 15.4. The van der Waals surface area contributed by atoms with Crippen molar-refractivity contribution in [3.8, 4) is 17.1 Å². The Morgan fingerprint density at radius 2 is 1.97 bits per heavy atom. The second-order valence-corrected chi connectivity index (χ2v) is 8.91. The standard InChI is InChI=1S/C24H17F3N4O5S/c1-34-14-6-3-2-5-11(14)13-10-16(36-31-13)22(33)30-19-18-12(15-7-4-8-35-15)9-17(24(25,26)27)29-23(18)37-20(19)21(28)32/h2-9,16H,10H2,1H3,(H2,28,32)(H,30,33). The summed E-state index contributed by atoms with van der Waals surface area (Å²) in [5, 5.41) is 6.68. The summed E-state index contributed by atoms with van der Waals surface area (Å²) < 4.78 is 51.3. The number of rotatable bonds is 6. The minimum absolute atomic E-state index is 0.0142. The number of aromatic nitrogens is 1. The van der Waals surface area contributed by atoms with Crippen molar-refractivity contribution >= 4 is 44.8 Å². The van der Waals surface area contributed by atoms with Crippen molar-refractivity contribution in [2.45, 2.75) is 18.7 Å². The first-order valence-corrected chi connectivity index (χ1v) is 11.5. The molecule has 0 spiro atoms. The van der Waals surface area contributed by atoms with E-state index in [4.69, 9.17) is 19.7 Å². The minimum atomic E-state index is -4.76. The van der Waals surface area contributed by atoms with Gasteiger partial charge < -0.3 is 25.0 Å². The highest BCUT2D eigenvalue weighted by Crippen LogP contribution is 2.44. The van der Waals surface area contributed by atoms with Crippen molar-refractivity contribution in [2.24, 2.45) is 10.9 Å². The largest absolute Gasteiger partial charge is 0.496 e. The van der Waals surface area contributed by atoms with Gasteiger partial charge in [-0.05, 0) is 30.3 Å². The Bertz CT molecular complexity index is 1550. The molecule has 1 aliphatic rings. The van der Waals surface area contributed by atoms with Crippen LogP contribution in [0.25, 0.3) is 21.5 Å². The number of hydrogen-bond donors (Lipinski definition) is 2. The summed E-state index contributed by atoms with van der Waals surface area (Å²) in [6.07, 6.45) is -4.47. The Morgan fingerprint density at radius 3 is 2.65 bits per heavy atom. The van der Waals surface area contributed by atoms with Crippen LogP contribution in [-0.2, 0) is 15.8 Å². The van der Waals surface area contributed by atoms with E-state index in [0.29, 0.717) is 28.4 Å². The summed E-state index contributed by atoms with van der Waals surface area (Å²) >= 11 is 0.633. The number of nitrogens with one attached hydrogen (secondary N) is 1. The molecule has 0 saturated heterocycles. The number of benzene rings is 1. The molecule has 5 rings (SSSR count). The molecule has 0 bridgehead atoms. The molecule has 3 aromatic heterocycles. The fraction of sp³-hybridized carbons (Fsp3) is 0.167. The molecule has 13 heteroatoms. The van der Waals surface area contributed by atoms with Gasteiger partial charge in [-0.1, -0.05) is 17.3 Å². The molecular weight excluding hydrogens is 513 g/mol. The number of halogens is 3. The van der Waals surface area contributed by atoms with E-state index in [0.717, 1.165) is 6.07 Å². The van der Waals surface area contributed by atoms with E-state index in [1.54, 1.807) is 24.3 Å². The number of nitrogens with two attached hydrogens (primary N) is 1. The lowest BCUT2D eigenvalue weighted by molar-refractivity contribution is -0.140. The van der Waals surface area contributed by atoms with E-state index in [1.165, 1.54) is 25.5 Å². The molecule has 37 heavy (non-hydrogen) atoms. The van der Waals surface area contributed by atoms with Gasteiger partial charge in [0.25, 0.3) is 11.8 Å². The van der Waals surface area contributed by atoms with Gasteiger partial charge in [-0.3, -0.25) is 9.59 Å². The van der Waals surface area contributed by atoms with Gasteiger partial charge in [0.15, 0.2) is 0 Å². The molecule has 1 aromatic carbocycles. The number of primary amides is 1. The monoisotopic (exact) mass is 530 g/mol. The van der Waals surface area contributed by atoms with Crippen LogP contribution >= 0.6 is 11.3 Å². The quantitative estimate of drug-likeness (QED) is 0.368.